The maximum absolute atomic E-state index is 14.4. The number of Topliss-reactive ketones (excluding diaryl/α,β-unsaturated/α-hetero) is 1. The van der Waals surface area contributed by atoms with Gasteiger partial charge in [0.15, 0.2) is 28.1 Å². The number of carbonyl (C=O) groups excluding carboxylic acids is 1. The van der Waals surface area contributed by atoms with Crippen molar-refractivity contribution < 1.29 is 35.9 Å². The maximum Gasteiger partial charge on any atom is 0.417 e. The molecule has 1 atom stereocenters. The molecular weight excluding hydrogens is 479 g/mol. The first-order valence-corrected chi connectivity index (χ1v) is 9.13. The van der Waals surface area contributed by atoms with Gasteiger partial charge in [0.25, 0.3) is 0 Å². The molecule has 0 saturated heterocycles. The summed E-state index contributed by atoms with van der Waals surface area (Å²) in [7, 11) is 0. The predicted molar refractivity (Wildman–Crippen MR) is 97.8 cm³/mol. The van der Waals surface area contributed by atoms with Crippen molar-refractivity contribution in [2.24, 2.45) is 0 Å². The van der Waals surface area contributed by atoms with Crippen molar-refractivity contribution in [1.29, 1.82) is 0 Å². The Kier molecular flexibility index (Phi) is 5.93. The van der Waals surface area contributed by atoms with Gasteiger partial charge in [-0.05, 0) is 54.0 Å². The van der Waals surface area contributed by atoms with Crippen molar-refractivity contribution in [3.05, 3.63) is 63.8 Å². The Bertz CT molecular complexity index is 1100. The highest BCUT2D eigenvalue weighted by molar-refractivity contribution is 9.10. The molecule has 0 aliphatic carbocycles. The SMILES string of the molecule is CC(=O)c1c(F)ccc(OC(C)c2nc(-c3ccc(C(F)(F)F)cn3)c(Br)o2)c1F. The Morgan fingerprint density at radius 2 is 1.90 bits per heavy atom. The van der Waals surface area contributed by atoms with E-state index < -0.39 is 46.6 Å². The normalized spacial score (nSPS) is 12.7. The van der Waals surface area contributed by atoms with E-state index in [0.29, 0.717) is 6.20 Å². The van der Waals surface area contributed by atoms with E-state index >= 15 is 0 Å². The molecular formula is C19H12BrF5N2O3. The third-order valence-electron chi connectivity index (χ3n) is 4.00. The van der Waals surface area contributed by atoms with E-state index in [1.165, 1.54) is 6.92 Å². The van der Waals surface area contributed by atoms with Crippen LogP contribution in [0, 0.1) is 11.6 Å². The van der Waals surface area contributed by atoms with Crippen LogP contribution in [0.3, 0.4) is 0 Å². The molecule has 0 spiro atoms. The van der Waals surface area contributed by atoms with Crippen molar-refractivity contribution in [3.63, 3.8) is 0 Å². The van der Waals surface area contributed by atoms with Gasteiger partial charge in [-0.2, -0.15) is 13.2 Å². The van der Waals surface area contributed by atoms with Gasteiger partial charge in [0.05, 0.1) is 16.8 Å². The van der Waals surface area contributed by atoms with Gasteiger partial charge in [0, 0.05) is 6.20 Å². The number of benzene rings is 1. The smallest absolute Gasteiger partial charge is 0.417 e. The van der Waals surface area contributed by atoms with Crippen LogP contribution in [0.1, 0.15) is 41.8 Å². The van der Waals surface area contributed by atoms with Crippen LogP contribution in [-0.2, 0) is 6.18 Å². The summed E-state index contributed by atoms with van der Waals surface area (Å²) in [5, 5.41) is 0. The summed E-state index contributed by atoms with van der Waals surface area (Å²) in [6, 6.07) is 3.88. The summed E-state index contributed by atoms with van der Waals surface area (Å²) in [4.78, 5) is 19.3. The largest absolute Gasteiger partial charge is 0.478 e. The number of rotatable bonds is 5. The summed E-state index contributed by atoms with van der Waals surface area (Å²) in [5.74, 6) is -3.43. The average molecular weight is 491 g/mol. The van der Waals surface area contributed by atoms with Gasteiger partial charge in [-0.25, -0.2) is 13.8 Å². The molecule has 158 valence electrons. The molecule has 3 aromatic rings. The molecule has 0 amide bonds. The molecule has 5 nitrogen and oxygen atoms in total. The highest BCUT2D eigenvalue weighted by Gasteiger charge is 2.31. The number of hydrogen-bond donors (Lipinski definition) is 0. The van der Waals surface area contributed by atoms with Crippen LogP contribution in [0.25, 0.3) is 11.4 Å². The van der Waals surface area contributed by atoms with Gasteiger partial charge < -0.3 is 9.15 Å². The zero-order valence-corrected chi connectivity index (χ0v) is 16.9. The summed E-state index contributed by atoms with van der Waals surface area (Å²) < 4.78 is 77.0. The monoisotopic (exact) mass is 490 g/mol. The predicted octanol–water partition coefficient (Wildman–Crippen LogP) is 6.14. The van der Waals surface area contributed by atoms with Crippen molar-refractivity contribution in [3.8, 4) is 17.1 Å². The molecule has 30 heavy (non-hydrogen) atoms. The van der Waals surface area contributed by atoms with Crippen LogP contribution < -0.4 is 4.74 Å². The van der Waals surface area contributed by atoms with E-state index in [4.69, 9.17) is 9.15 Å². The molecule has 0 radical (unpaired) electrons. The van der Waals surface area contributed by atoms with Crippen molar-refractivity contribution in [1.82, 2.24) is 9.97 Å². The molecule has 0 fully saturated rings. The lowest BCUT2D eigenvalue weighted by Gasteiger charge is -2.13. The molecule has 2 heterocycles. The fourth-order valence-electron chi connectivity index (χ4n) is 2.54. The molecule has 11 heteroatoms. The maximum atomic E-state index is 14.4. The Labute approximate surface area is 175 Å². The van der Waals surface area contributed by atoms with Gasteiger partial charge >= 0.3 is 6.18 Å². The molecule has 0 saturated carbocycles. The van der Waals surface area contributed by atoms with E-state index in [0.717, 1.165) is 31.2 Å². The van der Waals surface area contributed by atoms with Crippen LogP contribution in [-0.4, -0.2) is 15.8 Å². The van der Waals surface area contributed by atoms with Crippen LogP contribution in [0.2, 0.25) is 0 Å². The molecule has 0 aliphatic rings. The zero-order valence-electron chi connectivity index (χ0n) is 15.4. The van der Waals surface area contributed by atoms with Gasteiger partial charge in [-0.15, -0.1) is 0 Å². The van der Waals surface area contributed by atoms with Crippen LogP contribution in [0.15, 0.2) is 39.5 Å². The number of nitrogens with zero attached hydrogens (tertiary/aromatic N) is 2. The Hall–Kier alpha value is -2.82. The third-order valence-corrected chi connectivity index (χ3v) is 4.53. The minimum absolute atomic E-state index is 0.0494. The number of pyridine rings is 1. The summed E-state index contributed by atoms with van der Waals surface area (Å²) in [6.07, 6.45) is -4.85. The Balaban J connectivity index is 1.87. The number of aromatic nitrogens is 2. The van der Waals surface area contributed by atoms with E-state index in [1.54, 1.807) is 0 Å². The lowest BCUT2D eigenvalue weighted by molar-refractivity contribution is -0.137. The summed E-state index contributed by atoms with van der Waals surface area (Å²) in [5.41, 5.74) is -1.44. The second-order valence-electron chi connectivity index (χ2n) is 6.16. The van der Waals surface area contributed by atoms with Gasteiger partial charge in [0.2, 0.25) is 5.89 Å². The molecule has 0 N–H and O–H groups in total. The lowest BCUT2D eigenvalue weighted by atomic mass is 10.1. The standard InChI is InChI=1S/C19H12BrF5N2O3/c1-8(28)14-11(21)4-6-13(15(14)22)29-9(2)18-27-16(17(20)30-18)12-5-3-10(7-26-12)19(23,24)25/h3-7,9H,1-2H3. The van der Waals surface area contributed by atoms with Crippen molar-refractivity contribution >= 4 is 21.7 Å². The molecule has 2 aromatic heterocycles. The average Bonchev–Trinajstić information content (AvgIpc) is 3.05. The zero-order chi connectivity index (χ0) is 22.2. The highest BCUT2D eigenvalue weighted by atomic mass is 79.9. The quantitative estimate of drug-likeness (QED) is 0.317. The number of oxazole rings is 1. The molecule has 1 unspecified atom stereocenters. The van der Waals surface area contributed by atoms with Gasteiger partial charge in [-0.3, -0.25) is 9.78 Å². The number of ether oxygens (including phenoxy) is 1. The summed E-state index contributed by atoms with van der Waals surface area (Å²) >= 11 is 3.11. The second kappa shape index (κ2) is 8.13. The van der Waals surface area contributed by atoms with Crippen LogP contribution in [0.5, 0.6) is 5.75 Å². The number of ketones is 1. The second-order valence-corrected chi connectivity index (χ2v) is 6.88. The van der Waals surface area contributed by atoms with Crippen molar-refractivity contribution in [2.75, 3.05) is 0 Å². The van der Waals surface area contributed by atoms with E-state index in [1.807, 2.05) is 0 Å². The number of hydrogen-bond acceptors (Lipinski definition) is 5. The van der Waals surface area contributed by atoms with E-state index in [2.05, 4.69) is 25.9 Å². The Morgan fingerprint density at radius 3 is 2.47 bits per heavy atom. The lowest BCUT2D eigenvalue weighted by Crippen LogP contribution is -2.09. The third kappa shape index (κ3) is 4.35. The minimum atomic E-state index is -4.53. The van der Waals surface area contributed by atoms with Crippen LogP contribution >= 0.6 is 15.9 Å². The molecule has 3 rings (SSSR count). The molecule has 0 bridgehead atoms. The first-order valence-electron chi connectivity index (χ1n) is 8.34. The molecule has 0 aliphatic heterocycles. The summed E-state index contributed by atoms with van der Waals surface area (Å²) in [6.45, 7) is 2.47. The highest BCUT2D eigenvalue weighted by Crippen LogP contribution is 2.34. The molecule has 1 aromatic carbocycles. The Morgan fingerprint density at radius 1 is 1.20 bits per heavy atom. The van der Waals surface area contributed by atoms with E-state index in [-0.39, 0.29) is 21.9 Å². The van der Waals surface area contributed by atoms with Gasteiger partial charge in [-0.1, -0.05) is 0 Å². The first kappa shape index (κ1) is 21.9. The number of carbonyl (C=O) groups is 1. The fourth-order valence-corrected chi connectivity index (χ4v) is 3.00. The topological polar surface area (TPSA) is 65.2 Å². The van der Waals surface area contributed by atoms with Crippen LogP contribution in [0.4, 0.5) is 22.0 Å². The first-order chi connectivity index (χ1) is 14.0. The van der Waals surface area contributed by atoms with E-state index in [9.17, 15) is 26.7 Å². The van der Waals surface area contributed by atoms with Gasteiger partial charge in [0.1, 0.15) is 11.5 Å². The number of halogens is 6. The fraction of sp³-hybridized carbons (Fsp3) is 0.211. The minimum Gasteiger partial charge on any atom is -0.478 e. The van der Waals surface area contributed by atoms with Crippen molar-refractivity contribution in [2.45, 2.75) is 26.1 Å². The number of alkyl halides is 3.